The minimum absolute atomic E-state index is 0.150. The van der Waals surface area contributed by atoms with Crippen LogP contribution in [0, 0.1) is 17.5 Å². The van der Waals surface area contributed by atoms with Gasteiger partial charge in [0.25, 0.3) is 0 Å². The van der Waals surface area contributed by atoms with Gasteiger partial charge in [-0.1, -0.05) is 30.3 Å². The number of rotatable bonds is 3. The van der Waals surface area contributed by atoms with Crippen molar-refractivity contribution in [3.8, 4) is 0 Å². The molecule has 0 amide bonds. The van der Waals surface area contributed by atoms with Gasteiger partial charge in [-0.3, -0.25) is 4.79 Å². The Bertz CT molecular complexity index is 579. The first-order valence-electron chi connectivity index (χ1n) is 5.29. The summed E-state index contributed by atoms with van der Waals surface area (Å²) in [4.78, 5) is 11.8. The smallest absolute Gasteiger partial charge is 0.167 e. The molecule has 0 atom stereocenters. The van der Waals surface area contributed by atoms with E-state index in [1.165, 1.54) is 0 Å². The Balaban J connectivity index is 2.25. The van der Waals surface area contributed by atoms with E-state index in [4.69, 9.17) is 0 Å². The predicted molar refractivity (Wildman–Crippen MR) is 60.8 cm³/mol. The van der Waals surface area contributed by atoms with Crippen LogP contribution >= 0.6 is 0 Å². The molecule has 2 aromatic rings. The Kier molecular flexibility index (Phi) is 3.46. The number of carbonyl (C=O) groups excluding carboxylic acids is 1. The first kappa shape index (κ1) is 12.4. The van der Waals surface area contributed by atoms with Crippen molar-refractivity contribution < 1.29 is 18.0 Å². The maximum absolute atomic E-state index is 13.3. The molecule has 0 spiro atoms. The summed E-state index contributed by atoms with van der Waals surface area (Å²) in [5.74, 6) is -3.69. The summed E-state index contributed by atoms with van der Waals surface area (Å²) in [5.41, 5.74) is 0.254. The highest BCUT2D eigenvalue weighted by Crippen LogP contribution is 2.16. The zero-order valence-electron chi connectivity index (χ0n) is 9.29. The third kappa shape index (κ3) is 2.59. The Hall–Kier alpha value is -2.10. The molecule has 0 fully saturated rings. The highest BCUT2D eigenvalue weighted by molar-refractivity contribution is 5.97. The van der Waals surface area contributed by atoms with Gasteiger partial charge >= 0.3 is 0 Å². The lowest BCUT2D eigenvalue weighted by Gasteiger charge is -2.04. The molecule has 1 nitrogen and oxygen atoms in total. The average Bonchev–Trinajstić information content (AvgIpc) is 2.37. The van der Waals surface area contributed by atoms with E-state index in [-0.39, 0.29) is 17.8 Å². The van der Waals surface area contributed by atoms with Crippen molar-refractivity contribution in [2.75, 3.05) is 0 Å². The van der Waals surface area contributed by atoms with Gasteiger partial charge in [0.05, 0.1) is 0 Å². The third-order valence-corrected chi connectivity index (χ3v) is 2.54. The van der Waals surface area contributed by atoms with Crippen LogP contribution in [0.1, 0.15) is 15.9 Å². The Morgan fingerprint density at radius 2 is 1.50 bits per heavy atom. The van der Waals surface area contributed by atoms with Crippen LogP contribution < -0.4 is 0 Å². The van der Waals surface area contributed by atoms with E-state index in [1.807, 2.05) is 0 Å². The molecular formula is C14H9F3O. The van der Waals surface area contributed by atoms with Gasteiger partial charge in [0.1, 0.15) is 5.82 Å². The second kappa shape index (κ2) is 5.04. The fraction of sp³-hybridized carbons (Fsp3) is 0.0714. The van der Waals surface area contributed by atoms with Gasteiger partial charge in [0.15, 0.2) is 17.4 Å². The van der Waals surface area contributed by atoms with Crippen LogP contribution in [0.2, 0.25) is 0 Å². The molecule has 0 aliphatic heterocycles. The third-order valence-electron chi connectivity index (χ3n) is 2.54. The fourth-order valence-corrected chi connectivity index (χ4v) is 1.60. The number of halogens is 3. The van der Waals surface area contributed by atoms with Crippen LogP contribution in [-0.4, -0.2) is 5.78 Å². The van der Waals surface area contributed by atoms with Gasteiger partial charge in [-0.05, 0) is 11.6 Å². The van der Waals surface area contributed by atoms with E-state index in [1.54, 1.807) is 30.3 Å². The van der Waals surface area contributed by atoms with Crippen molar-refractivity contribution in [3.63, 3.8) is 0 Å². The Labute approximate surface area is 102 Å². The molecule has 0 heterocycles. The summed E-state index contributed by atoms with van der Waals surface area (Å²) in [7, 11) is 0. The number of Topliss-reactive ketones (excluding diaryl/α,β-unsaturated/α-hetero) is 1. The number of ketones is 1. The van der Waals surface area contributed by atoms with Gasteiger partial charge in [0.2, 0.25) is 0 Å². The van der Waals surface area contributed by atoms with E-state index in [0.717, 1.165) is 0 Å². The minimum atomic E-state index is -1.26. The number of benzene rings is 2. The number of hydrogen-bond donors (Lipinski definition) is 0. The first-order chi connectivity index (χ1) is 8.58. The monoisotopic (exact) mass is 250 g/mol. The van der Waals surface area contributed by atoms with Crippen molar-refractivity contribution in [3.05, 3.63) is 71.0 Å². The molecule has 0 aliphatic carbocycles. The molecule has 4 heteroatoms. The van der Waals surface area contributed by atoms with Gasteiger partial charge < -0.3 is 0 Å². The molecule has 0 aliphatic rings. The summed E-state index contributed by atoms with van der Waals surface area (Å²) in [6.07, 6.45) is -0.299. The molecule has 2 aromatic carbocycles. The van der Waals surface area contributed by atoms with E-state index in [0.29, 0.717) is 17.7 Å². The SMILES string of the molecule is O=C(Cc1cc(F)c(F)cc1F)c1ccccc1. The minimum Gasteiger partial charge on any atom is -0.294 e. The van der Waals surface area contributed by atoms with Crippen molar-refractivity contribution in [2.45, 2.75) is 6.42 Å². The van der Waals surface area contributed by atoms with Crippen LogP contribution in [0.3, 0.4) is 0 Å². The maximum atomic E-state index is 13.3. The molecule has 0 aromatic heterocycles. The summed E-state index contributed by atoms with van der Waals surface area (Å²) in [6.45, 7) is 0. The molecule has 0 N–H and O–H groups in total. The lowest BCUT2D eigenvalue weighted by atomic mass is 10.0. The van der Waals surface area contributed by atoms with Crippen LogP contribution in [0.25, 0.3) is 0 Å². The van der Waals surface area contributed by atoms with Gasteiger partial charge in [0, 0.05) is 18.1 Å². The molecule has 0 unspecified atom stereocenters. The average molecular weight is 250 g/mol. The first-order valence-corrected chi connectivity index (χ1v) is 5.29. The topological polar surface area (TPSA) is 17.1 Å². The Morgan fingerprint density at radius 3 is 2.17 bits per heavy atom. The van der Waals surface area contributed by atoms with Crippen LogP contribution in [0.15, 0.2) is 42.5 Å². The standard InChI is InChI=1S/C14H9F3O/c15-11-8-13(17)12(16)6-10(11)7-14(18)9-4-2-1-3-5-9/h1-6,8H,7H2. The van der Waals surface area contributed by atoms with E-state index >= 15 is 0 Å². The zero-order chi connectivity index (χ0) is 13.1. The highest BCUT2D eigenvalue weighted by Gasteiger charge is 2.14. The second-order valence-corrected chi connectivity index (χ2v) is 3.82. The van der Waals surface area contributed by atoms with E-state index in [9.17, 15) is 18.0 Å². The van der Waals surface area contributed by atoms with Crippen molar-refractivity contribution in [1.29, 1.82) is 0 Å². The quantitative estimate of drug-likeness (QED) is 0.601. The van der Waals surface area contributed by atoms with Gasteiger partial charge in [-0.25, -0.2) is 13.2 Å². The molecule has 18 heavy (non-hydrogen) atoms. The second-order valence-electron chi connectivity index (χ2n) is 3.82. The molecule has 0 saturated carbocycles. The van der Waals surface area contributed by atoms with Crippen molar-refractivity contribution in [2.24, 2.45) is 0 Å². The lowest BCUT2D eigenvalue weighted by molar-refractivity contribution is 0.0991. The molecule has 0 saturated heterocycles. The van der Waals surface area contributed by atoms with Crippen molar-refractivity contribution >= 4 is 5.78 Å². The van der Waals surface area contributed by atoms with Crippen molar-refractivity contribution in [1.82, 2.24) is 0 Å². The van der Waals surface area contributed by atoms with Crippen LogP contribution in [0.5, 0.6) is 0 Å². The zero-order valence-corrected chi connectivity index (χ0v) is 9.29. The summed E-state index contributed by atoms with van der Waals surface area (Å²) in [6, 6.07) is 9.42. The predicted octanol–water partition coefficient (Wildman–Crippen LogP) is 3.53. The van der Waals surface area contributed by atoms with Gasteiger partial charge in [-0.2, -0.15) is 0 Å². The summed E-state index contributed by atoms with van der Waals surface area (Å²) >= 11 is 0. The lowest BCUT2D eigenvalue weighted by Crippen LogP contribution is -2.06. The number of hydrogen-bond acceptors (Lipinski definition) is 1. The van der Waals surface area contributed by atoms with Crippen LogP contribution in [-0.2, 0) is 6.42 Å². The number of carbonyl (C=O) groups is 1. The van der Waals surface area contributed by atoms with E-state index < -0.39 is 17.5 Å². The highest BCUT2D eigenvalue weighted by atomic mass is 19.2. The van der Waals surface area contributed by atoms with E-state index in [2.05, 4.69) is 0 Å². The molecule has 0 radical (unpaired) electrons. The normalized spacial score (nSPS) is 10.4. The molecule has 2 rings (SSSR count). The summed E-state index contributed by atoms with van der Waals surface area (Å²) < 4.78 is 39.0. The molecular weight excluding hydrogens is 241 g/mol. The van der Waals surface area contributed by atoms with Crippen LogP contribution in [0.4, 0.5) is 13.2 Å². The Morgan fingerprint density at radius 1 is 0.889 bits per heavy atom. The maximum Gasteiger partial charge on any atom is 0.167 e. The summed E-state index contributed by atoms with van der Waals surface area (Å²) in [5, 5.41) is 0. The fourth-order valence-electron chi connectivity index (χ4n) is 1.60. The molecule has 92 valence electrons. The largest absolute Gasteiger partial charge is 0.294 e. The molecule has 0 bridgehead atoms. The van der Waals surface area contributed by atoms with Gasteiger partial charge in [-0.15, -0.1) is 0 Å².